The zero-order valence-electron chi connectivity index (χ0n) is 12.1. The van der Waals surface area contributed by atoms with E-state index in [-0.39, 0.29) is 0 Å². The Morgan fingerprint density at radius 3 is 2.90 bits per heavy atom. The summed E-state index contributed by atoms with van der Waals surface area (Å²) in [4.78, 5) is 10.7. The van der Waals surface area contributed by atoms with E-state index in [1.54, 1.807) is 6.20 Å². The minimum absolute atomic E-state index is 0.551. The summed E-state index contributed by atoms with van der Waals surface area (Å²) < 4.78 is 1.06. The first-order chi connectivity index (χ1) is 10.1. The van der Waals surface area contributed by atoms with Crippen molar-refractivity contribution in [2.24, 2.45) is 0 Å². The summed E-state index contributed by atoms with van der Waals surface area (Å²) >= 11 is 9.70. The van der Waals surface area contributed by atoms with E-state index in [4.69, 9.17) is 11.6 Å². The van der Waals surface area contributed by atoms with Crippen molar-refractivity contribution in [1.29, 1.82) is 0 Å². The highest BCUT2D eigenvalue weighted by atomic mass is 79.9. The molecule has 1 aromatic carbocycles. The fourth-order valence-corrected chi connectivity index (χ4v) is 2.61. The fourth-order valence-electron chi connectivity index (χ4n) is 1.93. The minimum atomic E-state index is 0.551. The van der Waals surface area contributed by atoms with Gasteiger partial charge in [-0.3, -0.25) is 0 Å². The van der Waals surface area contributed by atoms with Crippen molar-refractivity contribution in [1.82, 2.24) is 9.97 Å². The summed E-state index contributed by atoms with van der Waals surface area (Å²) in [6.07, 6.45) is 2.66. The molecule has 0 fully saturated rings. The third-order valence-electron chi connectivity index (χ3n) is 2.93. The number of aromatic nitrogens is 2. The monoisotopic (exact) mass is 368 g/mol. The fraction of sp³-hybridized carbons (Fsp3) is 0.333. The minimum Gasteiger partial charge on any atom is -0.354 e. The summed E-state index contributed by atoms with van der Waals surface area (Å²) in [7, 11) is 1.97. The maximum Gasteiger partial charge on any atom is 0.224 e. The molecule has 0 unspecified atom stereocenters. The van der Waals surface area contributed by atoms with E-state index in [0.717, 1.165) is 29.8 Å². The molecule has 6 heteroatoms. The van der Waals surface area contributed by atoms with Crippen LogP contribution in [0.1, 0.15) is 18.9 Å². The Morgan fingerprint density at radius 1 is 1.38 bits per heavy atom. The van der Waals surface area contributed by atoms with Gasteiger partial charge in [0, 0.05) is 24.6 Å². The zero-order valence-corrected chi connectivity index (χ0v) is 14.4. The van der Waals surface area contributed by atoms with Gasteiger partial charge in [-0.05, 0) is 24.1 Å². The van der Waals surface area contributed by atoms with Gasteiger partial charge >= 0.3 is 0 Å². The van der Waals surface area contributed by atoms with E-state index in [9.17, 15) is 0 Å². The Labute approximate surface area is 138 Å². The Morgan fingerprint density at radius 2 is 2.19 bits per heavy atom. The van der Waals surface area contributed by atoms with E-state index in [1.807, 2.05) is 24.1 Å². The Bertz CT molecular complexity index is 606. The molecule has 2 aromatic rings. The molecular weight excluding hydrogens is 352 g/mol. The molecule has 0 aliphatic heterocycles. The van der Waals surface area contributed by atoms with Crippen molar-refractivity contribution in [2.45, 2.75) is 19.9 Å². The molecule has 0 saturated heterocycles. The van der Waals surface area contributed by atoms with E-state index < -0.39 is 0 Å². The van der Waals surface area contributed by atoms with Crippen LogP contribution in [0, 0.1) is 0 Å². The average molecular weight is 370 g/mol. The molecule has 0 aliphatic rings. The van der Waals surface area contributed by atoms with Gasteiger partial charge in [-0.1, -0.05) is 46.6 Å². The van der Waals surface area contributed by atoms with E-state index in [0.29, 0.717) is 11.0 Å². The first-order valence-electron chi connectivity index (χ1n) is 6.82. The molecule has 0 spiro atoms. The Kier molecular flexibility index (Phi) is 5.82. The summed E-state index contributed by atoms with van der Waals surface area (Å²) in [6.45, 7) is 3.67. The summed E-state index contributed by atoms with van der Waals surface area (Å²) in [5, 5.41) is 3.73. The lowest BCUT2D eigenvalue weighted by atomic mass is 10.2. The number of rotatable bonds is 6. The maximum absolute atomic E-state index is 6.22. The first-order valence-corrected chi connectivity index (χ1v) is 7.99. The maximum atomic E-state index is 6.22. The Hall–Kier alpha value is -1.33. The van der Waals surface area contributed by atoms with Crippen LogP contribution in [0.4, 0.5) is 11.8 Å². The average Bonchev–Trinajstić information content (AvgIpc) is 2.46. The van der Waals surface area contributed by atoms with E-state index in [2.05, 4.69) is 50.3 Å². The van der Waals surface area contributed by atoms with Crippen LogP contribution in [-0.4, -0.2) is 23.6 Å². The molecule has 1 aromatic heterocycles. The number of halogens is 2. The van der Waals surface area contributed by atoms with Crippen molar-refractivity contribution in [3.05, 3.63) is 45.5 Å². The van der Waals surface area contributed by atoms with Crippen molar-refractivity contribution >= 4 is 39.3 Å². The normalized spacial score (nSPS) is 10.5. The highest BCUT2D eigenvalue weighted by molar-refractivity contribution is 9.10. The van der Waals surface area contributed by atoms with Crippen LogP contribution < -0.4 is 10.2 Å². The van der Waals surface area contributed by atoms with Gasteiger partial charge in [0.25, 0.3) is 0 Å². The summed E-state index contributed by atoms with van der Waals surface area (Å²) in [6, 6.07) is 8.19. The predicted octanol–water partition coefficient (Wildman–Crippen LogP) is 4.35. The molecule has 4 nitrogen and oxygen atoms in total. The van der Waals surface area contributed by atoms with Crippen molar-refractivity contribution in [3.8, 4) is 0 Å². The highest BCUT2D eigenvalue weighted by Gasteiger charge is 2.11. The van der Waals surface area contributed by atoms with E-state index in [1.165, 1.54) is 5.56 Å². The molecule has 112 valence electrons. The largest absolute Gasteiger partial charge is 0.354 e. The van der Waals surface area contributed by atoms with Gasteiger partial charge in [-0.2, -0.15) is 4.98 Å². The summed E-state index contributed by atoms with van der Waals surface area (Å²) in [5.41, 5.74) is 1.18. The van der Waals surface area contributed by atoms with Crippen molar-refractivity contribution < 1.29 is 0 Å². The number of nitrogens with one attached hydrogen (secondary N) is 1. The number of nitrogens with zero attached hydrogens (tertiary/aromatic N) is 3. The third kappa shape index (κ3) is 4.58. The summed E-state index contributed by atoms with van der Waals surface area (Å²) in [5.74, 6) is 1.34. The molecule has 1 N–H and O–H groups in total. The number of hydrogen-bond acceptors (Lipinski definition) is 4. The second-order valence-corrected chi connectivity index (χ2v) is 6.10. The molecular formula is C15H18BrClN4. The molecule has 2 rings (SSSR count). The van der Waals surface area contributed by atoms with Crippen LogP contribution in [0.25, 0.3) is 0 Å². The van der Waals surface area contributed by atoms with Gasteiger partial charge in [-0.15, -0.1) is 0 Å². The van der Waals surface area contributed by atoms with Crippen LogP contribution in [-0.2, 0) is 6.54 Å². The van der Waals surface area contributed by atoms with E-state index >= 15 is 0 Å². The van der Waals surface area contributed by atoms with Crippen LogP contribution in [0.2, 0.25) is 5.02 Å². The number of benzene rings is 1. The van der Waals surface area contributed by atoms with Crippen LogP contribution >= 0.6 is 27.5 Å². The third-order valence-corrected chi connectivity index (χ3v) is 3.69. The SMILES string of the molecule is CCCNc1ncc(Cl)c(N(C)Cc2cccc(Br)c2)n1. The molecule has 0 radical (unpaired) electrons. The number of anilines is 2. The van der Waals surface area contributed by atoms with Gasteiger partial charge < -0.3 is 10.2 Å². The Balaban J connectivity index is 2.15. The predicted molar refractivity (Wildman–Crippen MR) is 92.1 cm³/mol. The van der Waals surface area contributed by atoms with Crippen LogP contribution in [0.3, 0.4) is 0 Å². The van der Waals surface area contributed by atoms with Crippen LogP contribution in [0.5, 0.6) is 0 Å². The topological polar surface area (TPSA) is 41.1 Å². The lowest BCUT2D eigenvalue weighted by Crippen LogP contribution is -2.19. The quantitative estimate of drug-likeness (QED) is 0.822. The zero-order chi connectivity index (χ0) is 15.2. The van der Waals surface area contributed by atoms with Gasteiger partial charge in [0.2, 0.25) is 5.95 Å². The first kappa shape index (κ1) is 16.0. The molecule has 1 heterocycles. The van der Waals surface area contributed by atoms with Gasteiger partial charge in [0.1, 0.15) is 5.02 Å². The molecule has 0 bridgehead atoms. The molecule has 0 amide bonds. The van der Waals surface area contributed by atoms with Gasteiger partial charge in [0.05, 0.1) is 6.20 Å². The standard InChI is InChI=1S/C15H18BrClN4/c1-3-7-18-15-19-9-13(17)14(20-15)21(2)10-11-5-4-6-12(16)8-11/h4-6,8-9H,3,7,10H2,1-2H3,(H,18,19,20). The second kappa shape index (κ2) is 7.61. The highest BCUT2D eigenvalue weighted by Crippen LogP contribution is 2.24. The smallest absolute Gasteiger partial charge is 0.224 e. The number of hydrogen-bond donors (Lipinski definition) is 1. The van der Waals surface area contributed by atoms with Gasteiger partial charge in [-0.25, -0.2) is 4.98 Å². The molecule has 21 heavy (non-hydrogen) atoms. The van der Waals surface area contributed by atoms with Crippen molar-refractivity contribution in [3.63, 3.8) is 0 Å². The lowest BCUT2D eigenvalue weighted by Gasteiger charge is -2.20. The lowest BCUT2D eigenvalue weighted by molar-refractivity contribution is 0.884. The molecule has 0 saturated carbocycles. The van der Waals surface area contributed by atoms with Gasteiger partial charge in [0.15, 0.2) is 5.82 Å². The van der Waals surface area contributed by atoms with Crippen molar-refractivity contribution in [2.75, 3.05) is 23.8 Å². The van der Waals surface area contributed by atoms with Crippen LogP contribution in [0.15, 0.2) is 34.9 Å². The molecule has 0 atom stereocenters. The molecule has 0 aliphatic carbocycles. The second-order valence-electron chi connectivity index (χ2n) is 4.78.